The van der Waals surface area contributed by atoms with Gasteiger partial charge in [-0.15, -0.1) is 0 Å². The van der Waals surface area contributed by atoms with E-state index in [0.29, 0.717) is 17.2 Å². The maximum absolute atomic E-state index is 10.2. The maximum atomic E-state index is 10.2. The molecule has 0 aliphatic carbocycles. The van der Waals surface area contributed by atoms with Crippen LogP contribution in [-0.4, -0.2) is 11.5 Å². The molecule has 0 N–H and O–H groups in total. The van der Waals surface area contributed by atoms with Gasteiger partial charge >= 0.3 is 0 Å². The lowest BCUT2D eigenvalue weighted by Gasteiger charge is -2.21. The number of ether oxygens (including phenoxy) is 1. The molecule has 0 fully saturated rings. The molecule has 0 aliphatic rings. The molecule has 0 bridgehead atoms. The van der Waals surface area contributed by atoms with Gasteiger partial charge in [-0.3, -0.25) is 9.78 Å². The summed E-state index contributed by atoms with van der Waals surface area (Å²) in [5.41, 5.74) is -0.0979. The molecular formula is C9H10ClNO2. The van der Waals surface area contributed by atoms with Crippen LogP contribution < -0.4 is 0 Å². The summed E-state index contributed by atoms with van der Waals surface area (Å²) in [5.74, 6) is 0. The van der Waals surface area contributed by atoms with E-state index in [4.69, 9.17) is 16.3 Å². The number of hydrogen-bond acceptors (Lipinski definition) is 3. The van der Waals surface area contributed by atoms with E-state index < -0.39 is 5.60 Å². The first-order chi connectivity index (χ1) is 6.06. The zero-order valence-corrected chi connectivity index (χ0v) is 8.21. The molecule has 4 heteroatoms. The topological polar surface area (TPSA) is 39.2 Å². The predicted octanol–water partition coefficient (Wildman–Crippen LogP) is 2.14. The Morgan fingerprint density at radius 2 is 2.31 bits per heavy atom. The van der Waals surface area contributed by atoms with E-state index in [1.54, 1.807) is 32.2 Å². The zero-order valence-electron chi connectivity index (χ0n) is 7.45. The molecular weight excluding hydrogens is 190 g/mol. The van der Waals surface area contributed by atoms with E-state index in [0.717, 1.165) is 0 Å². The van der Waals surface area contributed by atoms with E-state index in [1.165, 1.54) is 0 Å². The van der Waals surface area contributed by atoms with Crippen molar-refractivity contribution < 1.29 is 9.53 Å². The number of carbonyl (C=O) groups excluding carboxylic acids is 1. The minimum atomic E-state index is -0.730. The highest BCUT2D eigenvalue weighted by Crippen LogP contribution is 2.23. The largest absolute Gasteiger partial charge is 0.455 e. The van der Waals surface area contributed by atoms with E-state index in [9.17, 15) is 4.79 Å². The van der Waals surface area contributed by atoms with E-state index in [2.05, 4.69) is 4.98 Å². The summed E-state index contributed by atoms with van der Waals surface area (Å²) in [6.07, 6.45) is 1.58. The summed E-state index contributed by atoms with van der Waals surface area (Å²) in [4.78, 5) is 14.3. The average molecular weight is 200 g/mol. The number of aromatic nitrogens is 1. The fourth-order valence-electron chi connectivity index (χ4n) is 0.915. The Labute approximate surface area is 81.7 Å². The van der Waals surface area contributed by atoms with Gasteiger partial charge in [0.25, 0.3) is 6.47 Å². The van der Waals surface area contributed by atoms with Crippen molar-refractivity contribution in [2.24, 2.45) is 0 Å². The molecule has 0 atom stereocenters. The summed E-state index contributed by atoms with van der Waals surface area (Å²) in [5, 5.41) is 0.576. The van der Waals surface area contributed by atoms with E-state index in [1.807, 2.05) is 0 Å². The molecule has 0 unspecified atom stereocenters. The lowest BCUT2D eigenvalue weighted by atomic mass is 10.0. The van der Waals surface area contributed by atoms with Crippen LogP contribution in [-0.2, 0) is 15.1 Å². The van der Waals surface area contributed by atoms with Crippen LogP contribution in [0, 0.1) is 0 Å². The Kier molecular flexibility index (Phi) is 2.88. The average Bonchev–Trinajstić information content (AvgIpc) is 2.04. The van der Waals surface area contributed by atoms with Crippen LogP contribution in [0.2, 0.25) is 5.02 Å². The Bertz CT molecular complexity index is 312. The smallest absolute Gasteiger partial charge is 0.294 e. The Morgan fingerprint density at radius 3 is 2.85 bits per heavy atom. The number of nitrogens with zero attached hydrogens (tertiary/aromatic N) is 1. The first-order valence-corrected chi connectivity index (χ1v) is 4.17. The zero-order chi connectivity index (χ0) is 9.90. The van der Waals surface area contributed by atoms with E-state index in [-0.39, 0.29) is 0 Å². The normalized spacial score (nSPS) is 11.0. The second-order valence-electron chi connectivity index (χ2n) is 3.08. The van der Waals surface area contributed by atoms with Crippen molar-refractivity contribution in [1.82, 2.24) is 4.98 Å². The maximum Gasteiger partial charge on any atom is 0.294 e. The van der Waals surface area contributed by atoms with Gasteiger partial charge in [-0.05, 0) is 26.0 Å². The third kappa shape index (κ3) is 2.42. The molecule has 3 nitrogen and oxygen atoms in total. The number of rotatable bonds is 3. The van der Waals surface area contributed by atoms with Crippen molar-refractivity contribution >= 4 is 18.1 Å². The van der Waals surface area contributed by atoms with Gasteiger partial charge in [0.05, 0.1) is 5.69 Å². The van der Waals surface area contributed by atoms with Crippen molar-refractivity contribution in [1.29, 1.82) is 0 Å². The van der Waals surface area contributed by atoms with Crippen LogP contribution in [0.15, 0.2) is 18.3 Å². The third-order valence-corrected chi connectivity index (χ3v) is 1.92. The Morgan fingerprint density at radius 1 is 1.62 bits per heavy atom. The van der Waals surface area contributed by atoms with Gasteiger partial charge in [-0.2, -0.15) is 0 Å². The monoisotopic (exact) mass is 199 g/mol. The first-order valence-electron chi connectivity index (χ1n) is 3.80. The van der Waals surface area contributed by atoms with Gasteiger partial charge in [-0.1, -0.05) is 11.6 Å². The fourth-order valence-corrected chi connectivity index (χ4v) is 1.07. The van der Waals surface area contributed by atoms with Crippen LogP contribution in [0.25, 0.3) is 0 Å². The van der Waals surface area contributed by atoms with Gasteiger partial charge in [-0.25, -0.2) is 0 Å². The molecule has 0 spiro atoms. The quantitative estimate of drug-likeness (QED) is 0.701. The third-order valence-electron chi connectivity index (χ3n) is 1.68. The van der Waals surface area contributed by atoms with Crippen LogP contribution in [0.5, 0.6) is 0 Å². The highest BCUT2D eigenvalue weighted by molar-refractivity contribution is 6.30. The minimum Gasteiger partial charge on any atom is -0.455 e. The second kappa shape index (κ2) is 3.75. The molecule has 1 aromatic rings. The Balaban J connectivity index is 2.99. The molecule has 0 saturated heterocycles. The molecule has 1 aromatic heterocycles. The van der Waals surface area contributed by atoms with Gasteiger partial charge in [0, 0.05) is 11.2 Å². The van der Waals surface area contributed by atoms with Gasteiger partial charge < -0.3 is 4.74 Å². The molecule has 1 heterocycles. The number of carbonyl (C=O) groups is 1. The SMILES string of the molecule is CC(C)(OC=O)c1cc(Cl)ccn1. The molecule has 1 rings (SSSR count). The van der Waals surface area contributed by atoms with Crippen LogP contribution in [0.3, 0.4) is 0 Å². The standard InChI is InChI=1S/C9H10ClNO2/c1-9(2,13-6-12)8-5-7(10)3-4-11-8/h3-6H,1-2H3. The minimum absolute atomic E-state index is 0.405. The molecule has 0 saturated carbocycles. The van der Waals surface area contributed by atoms with Gasteiger partial charge in [0.2, 0.25) is 0 Å². The van der Waals surface area contributed by atoms with Crippen molar-refractivity contribution in [3.05, 3.63) is 29.0 Å². The number of hydrogen-bond donors (Lipinski definition) is 0. The summed E-state index contributed by atoms with van der Waals surface area (Å²) in [7, 11) is 0. The van der Waals surface area contributed by atoms with Crippen molar-refractivity contribution in [2.45, 2.75) is 19.4 Å². The summed E-state index contributed by atoms with van der Waals surface area (Å²) in [6.45, 7) is 3.91. The second-order valence-corrected chi connectivity index (χ2v) is 3.52. The van der Waals surface area contributed by atoms with Gasteiger partial charge in [0.15, 0.2) is 0 Å². The van der Waals surface area contributed by atoms with E-state index >= 15 is 0 Å². The molecule has 0 amide bonds. The first kappa shape index (κ1) is 9.99. The van der Waals surface area contributed by atoms with Crippen molar-refractivity contribution in [3.8, 4) is 0 Å². The molecule has 13 heavy (non-hydrogen) atoms. The van der Waals surface area contributed by atoms with Crippen molar-refractivity contribution in [2.75, 3.05) is 0 Å². The Hall–Kier alpha value is -1.09. The molecule has 0 aromatic carbocycles. The lowest BCUT2D eigenvalue weighted by Crippen LogP contribution is -2.22. The summed E-state index contributed by atoms with van der Waals surface area (Å²) in [6, 6.07) is 3.34. The van der Waals surface area contributed by atoms with Crippen LogP contribution in [0.1, 0.15) is 19.5 Å². The van der Waals surface area contributed by atoms with Crippen LogP contribution >= 0.6 is 11.6 Å². The summed E-state index contributed by atoms with van der Waals surface area (Å²) >= 11 is 5.77. The fraction of sp³-hybridized carbons (Fsp3) is 0.333. The predicted molar refractivity (Wildman–Crippen MR) is 49.4 cm³/mol. The molecule has 0 aliphatic heterocycles. The molecule has 0 radical (unpaired) electrons. The van der Waals surface area contributed by atoms with Crippen LogP contribution in [0.4, 0.5) is 0 Å². The molecule has 70 valence electrons. The van der Waals surface area contributed by atoms with Crippen molar-refractivity contribution in [3.63, 3.8) is 0 Å². The highest BCUT2D eigenvalue weighted by atomic mass is 35.5. The number of halogens is 1. The number of pyridine rings is 1. The lowest BCUT2D eigenvalue weighted by molar-refractivity contribution is -0.141. The summed E-state index contributed by atoms with van der Waals surface area (Å²) < 4.78 is 4.87. The highest BCUT2D eigenvalue weighted by Gasteiger charge is 2.23. The van der Waals surface area contributed by atoms with Gasteiger partial charge in [0.1, 0.15) is 5.60 Å².